The second kappa shape index (κ2) is 5.32. The molecule has 6 nitrogen and oxygen atoms in total. The van der Waals surface area contributed by atoms with Gasteiger partial charge in [-0.2, -0.15) is 0 Å². The van der Waals surface area contributed by atoms with E-state index in [1.165, 1.54) is 6.07 Å². The summed E-state index contributed by atoms with van der Waals surface area (Å²) in [5.74, 6) is 1.43. The Bertz CT molecular complexity index is 700. The minimum atomic E-state index is -0.380. The van der Waals surface area contributed by atoms with E-state index in [1.807, 2.05) is 31.2 Å². The zero-order valence-corrected chi connectivity index (χ0v) is 11.5. The van der Waals surface area contributed by atoms with Crippen LogP contribution in [0.3, 0.4) is 0 Å². The number of nitrogens with one attached hydrogen (secondary N) is 1. The zero-order valence-electron chi connectivity index (χ0n) is 11.5. The van der Waals surface area contributed by atoms with E-state index < -0.39 is 0 Å². The Morgan fingerprint density at radius 2 is 2.05 bits per heavy atom. The van der Waals surface area contributed by atoms with Crippen molar-refractivity contribution in [3.63, 3.8) is 0 Å². The maximum Gasteiger partial charge on any atom is 0.292 e. The van der Waals surface area contributed by atoms with Gasteiger partial charge in [-0.1, -0.05) is 18.2 Å². The highest BCUT2D eigenvalue weighted by Crippen LogP contribution is 2.33. The Labute approximate surface area is 121 Å². The van der Waals surface area contributed by atoms with Gasteiger partial charge in [0, 0.05) is 12.6 Å². The molecule has 2 aromatic rings. The molecule has 1 heterocycles. The fraction of sp³-hybridized carbons (Fsp3) is 0.200. The van der Waals surface area contributed by atoms with Crippen LogP contribution in [0, 0.1) is 17.0 Å². The fourth-order valence-corrected chi connectivity index (χ4v) is 2.28. The Morgan fingerprint density at radius 1 is 1.24 bits per heavy atom. The summed E-state index contributed by atoms with van der Waals surface area (Å²) in [5, 5.41) is 14.2. The molecular weight excluding hydrogens is 272 g/mol. The molecule has 1 aliphatic heterocycles. The second-order valence-corrected chi connectivity index (χ2v) is 4.77. The number of ether oxygens (including phenoxy) is 2. The van der Waals surface area contributed by atoms with Crippen LogP contribution in [0.2, 0.25) is 0 Å². The van der Waals surface area contributed by atoms with Crippen molar-refractivity contribution < 1.29 is 14.4 Å². The van der Waals surface area contributed by atoms with Crippen LogP contribution in [-0.2, 0) is 6.54 Å². The molecule has 6 heteroatoms. The molecular formula is C15H14N2O4. The van der Waals surface area contributed by atoms with E-state index in [0.29, 0.717) is 18.0 Å². The Hall–Kier alpha value is -2.76. The summed E-state index contributed by atoms with van der Waals surface area (Å²) in [4.78, 5) is 10.7. The van der Waals surface area contributed by atoms with Gasteiger partial charge in [-0.05, 0) is 30.2 Å². The maximum absolute atomic E-state index is 11.1. The summed E-state index contributed by atoms with van der Waals surface area (Å²) >= 11 is 0. The largest absolute Gasteiger partial charge is 0.454 e. The Kier molecular flexibility index (Phi) is 3.35. The molecule has 0 saturated heterocycles. The Balaban J connectivity index is 1.80. The first kappa shape index (κ1) is 13.2. The number of nitro groups is 1. The number of nitro benzene ring substituents is 1. The average molecular weight is 286 g/mol. The SMILES string of the molecule is Cc1cccc([N+](=O)[O-])c1NCc1ccc2c(c1)OCO2. The summed E-state index contributed by atoms with van der Waals surface area (Å²) in [7, 11) is 0. The summed E-state index contributed by atoms with van der Waals surface area (Å²) in [6.45, 7) is 2.55. The molecule has 0 aliphatic carbocycles. The van der Waals surface area contributed by atoms with Crippen molar-refractivity contribution >= 4 is 11.4 Å². The van der Waals surface area contributed by atoms with Crippen LogP contribution in [0.15, 0.2) is 36.4 Å². The van der Waals surface area contributed by atoms with Crippen molar-refractivity contribution in [2.75, 3.05) is 12.1 Å². The summed E-state index contributed by atoms with van der Waals surface area (Å²) in [6, 6.07) is 10.6. The molecule has 108 valence electrons. The molecule has 21 heavy (non-hydrogen) atoms. The lowest BCUT2D eigenvalue weighted by atomic mass is 10.1. The molecule has 0 spiro atoms. The molecule has 0 unspecified atom stereocenters. The van der Waals surface area contributed by atoms with Gasteiger partial charge in [0.15, 0.2) is 11.5 Å². The number of rotatable bonds is 4. The van der Waals surface area contributed by atoms with Crippen LogP contribution in [0.5, 0.6) is 11.5 Å². The van der Waals surface area contributed by atoms with Crippen molar-refractivity contribution in [3.05, 3.63) is 57.6 Å². The summed E-state index contributed by atoms with van der Waals surface area (Å²) < 4.78 is 10.6. The molecule has 0 amide bonds. The number of anilines is 1. The number of nitrogens with zero attached hydrogens (tertiary/aromatic N) is 1. The van der Waals surface area contributed by atoms with Gasteiger partial charge >= 0.3 is 0 Å². The number of aryl methyl sites for hydroxylation is 1. The number of hydrogen-bond acceptors (Lipinski definition) is 5. The minimum absolute atomic E-state index is 0.0794. The highest BCUT2D eigenvalue weighted by Gasteiger charge is 2.16. The number of fused-ring (bicyclic) bond motifs is 1. The minimum Gasteiger partial charge on any atom is -0.454 e. The van der Waals surface area contributed by atoms with Crippen LogP contribution in [0.1, 0.15) is 11.1 Å². The van der Waals surface area contributed by atoms with Crippen molar-refractivity contribution in [1.29, 1.82) is 0 Å². The number of benzene rings is 2. The van der Waals surface area contributed by atoms with E-state index >= 15 is 0 Å². The normalized spacial score (nSPS) is 12.2. The fourth-order valence-electron chi connectivity index (χ4n) is 2.28. The molecule has 3 rings (SSSR count). The maximum atomic E-state index is 11.1. The highest BCUT2D eigenvalue weighted by molar-refractivity contribution is 5.66. The first-order valence-electron chi connectivity index (χ1n) is 6.51. The highest BCUT2D eigenvalue weighted by atomic mass is 16.7. The molecule has 0 fully saturated rings. The molecule has 1 aliphatic rings. The van der Waals surface area contributed by atoms with Crippen molar-refractivity contribution in [3.8, 4) is 11.5 Å². The number of para-hydroxylation sites is 1. The topological polar surface area (TPSA) is 73.6 Å². The van der Waals surface area contributed by atoms with Gasteiger partial charge in [0.1, 0.15) is 5.69 Å². The molecule has 0 bridgehead atoms. The third kappa shape index (κ3) is 2.60. The first-order valence-corrected chi connectivity index (χ1v) is 6.51. The van der Waals surface area contributed by atoms with Gasteiger partial charge in [-0.15, -0.1) is 0 Å². The van der Waals surface area contributed by atoms with Crippen molar-refractivity contribution in [2.24, 2.45) is 0 Å². The molecule has 0 atom stereocenters. The molecule has 0 radical (unpaired) electrons. The predicted molar refractivity (Wildman–Crippen MR) is 77.7 cm³/mol. The first-order chi connectivity index (χ1) is 10.1. The van der Waals surface area contributed by atoms with Crippen molar-refractivity contribution in [1.82, 2.24) is 0 Å². The summed E-state index contributed by atoms with van der Waals surface area (Å²) in [6.07, 6.45) is 0. The molecule has 0 saturated carbocycles. The third-order valence-electron chi connectivity index (χ3n) is 3.35. The molecule has 0 aromatic heterocycles. The van der Waals surface area contributed by atoms with Gasteiger partial charge < -0.3 is 14.8 Å². The third-order valence-corrected chi connectivity index (χ3v) is 3.35. The lowest BCUT2D eigenvalue weighted by molar-refractivity contribution is -0.384. The smallest absolute Gasteiger partial charge is 0.292 e. The lowest BCUT2D eigenvalue weighted by Gasteiger charge is -2.10. The molecule has 2 aromatic carbocycles. The zero-order chi connectivity index (χ0) is 14.8. The van der Waals surface area contributed by atoms with E-state index in [0.717, 1.165) is 16.9 Å². The van der Waals surface area contributed by atoms with E-state index in [4.69, 9.17) is 9.47 Å². The standard InChI is InChI=1S/C15H14N2O4/c1-10-3-2-4-12(17(18)19)15(10)16-8-11-5-6-13-14(7-11)21-9-20-13/h2-7,16H,8-9H2,1H3. The van der Waals surface area contributed by atoms with Crippen LogP contribution >= 0.6 is 0 Å². The monoisotopic (exact) mass is 286 g/mol. The van der Waals surface area contributed by atoms with Crippen LogP contribution in [0.25, 0.3) is 0 Å². The van der Waals surface area contributed by atoms with Gasteiger partial charge in [0.2, 0.25) is 6.79 Å². The van der Waals surface area contributed by atoms with Crippen molar-refractivity contribution in [2.45, 2.75) is 13.5 Å². The number of hydrogen-bond donors (Lipinski definition) is 1. The molecule has 1 N–H and O–H groups in total. The average Bonchev–Trinajstić information content (AvgIpc) is 2.93. The Morgan fingerprint density at radius 3 is 2.86 bits per heavy atom. The van der Waals surface area contributed by atoms with Gasteiger partial charge in [0.25, 0.3) is 5.69 Å². The van der Waals surface area contributed by atoms with E-state index in [1.54, 1.807) is 6.07 Å². The second-order valence-electron chi connectivity index (χ2n) is 4.77. The van der Waals surface area contributed by atoms with E-state index in [2.05, 4.69) is 5.32 Å². The lowest BCUT2D eigenvalue weighted by Crippen LogP contribution is -2.04. The van der Waals surface area contributed by atoms with Gasteiger partial charge in [0.05, 0.1) is 4.92 Å². The van der Waals surface area contributed by atoms with E-state index in [-0.39, 0.29) is 17.4 Å². The van der Waals surface area contributed by atoms with Gasteiger partial charge in [-0.25, -0.2) is 0 Å². The summed E-state index contributed by atoms with van der Waals surface area (Å²) in [5.41, 5.74) is 2.43. The quantitative estimate of drug-likeness (QED) is 0.690. The predicted octanol–water partition coefficient (Wildman–Crippen LogP) is 3.24. The van der Waals surface area contributed by atoms with Crippen LogP contribution in [-0.4, -0.2) is 11.7 Å². The van der Waals surface area contributed by atoms with Crippen LogP contribution in [0.4, 0.5) is 11.4 Å². The van der Waals surface area contributed by atoms with Gasteiger partial charge in [-0.3, -0.25) is 10.1 Å². The van der Waals surface area contributed by atoms with Crippen LogP contribution < -0.4 is 14.8 Å². The van der Waals surface area contributed by atoms with E-state index in [9.17, 15) is 10.1 Å².